The third-order valence-electron chi connectivity index (χ3n) is 2.92. The van der Waals surface area contributed by atoms with Crippen LogP contribution in [0.15, 0.2) is 33.5 Å². The van der Waals surface area contributed by atoms with E-state index in [1.54, 1.807) is 6.07 Å². The number of aliphatic hydroxyl groups is 1. The molecule has 0 amide bonds. The molecule has 0 saturated carbocycles. The summed E-state index contributed by atoms with van der Waals surface area (Å²) < 4.78 is 5.95. The summed E-state index contributed by atoms with van der Waals surface area (Å²) in [5.41, 5.74) is 0.224. The van der Waals surface area contributed by atoms with Crippen molar-refractivity contribution in [2.75, 3.05) is 0 Å². The lowest BCUT2D eigenvalue weighted by Crippen LogP contribution is -2.20. The van der Waals surface area contributed by atoms with E-state index >= 15 is 0 Å². The van der Waals surface area contributed by atoms with E-state index in [1.807, 2.05) is 6.92 Å². The predicted octanol–water partition coefficient (Wildman–Crippen LogP) is 1.43. The lowest BCUT2D eigenvalue weighted by atomic mass is 10.1. The number of aliphatic hydroxyl groups excluding tert-OH is 1. The number of hydrogen-bond donors (Lipinski definition) is 1. The van der Waals surface area contributed by atoms with Crippen molar-refractivity contribution in [3.05, 3.63) is 56.4 Å². The zero-order valence-electron chi connectivity index (χ0n) is 11.4. The molecule has 2 aromatic rings. The summed E-state index contributed by atoms with van der Waals surface area (Å²) in [5, 5.41) is 24.8. The van der Waals surface area contributed by atoms with Crippen LogP contribution in [0.3, 0.4) is 0 Å². The number of aromatic nitrogens is 2. The highest BCUT2D eigenvalue weighted by atomic mass is 16.6. The van der Waals surface area contributed by atoms with E-state index in [0.29, 0.717) is 17.9 Å². The maximum absolute atomic E-state index is 11.6. The molecule has 112 valence electrons. The van der Waals surface area contributed by atoms with E-state index in [-0.39, 0.29) is 12.2 Å². The normalized spacial score (nSPS) is 12.3. The average molecular weight is 293 g/mol. The van der Waals surface area contributed by atoms with Crippen LogP contribution >= 0.6 is 0 Å². The second-order valence-corrected chi connectivity index (χ2v) is 4.56. The van der Waals surface area contributed by atoms with Crippen molar-refractivity contribution in [2.45, 2.75) is 32.4 Å². The zero-order chi connectivity index (χ0) is 15.4. The fourth-order valence-electron chi connectivity index (χ4n) is 1.89. The molecule has 0 radical (unpaired) electrons. The van der Waals surface area contributed by atoms with Crippen LogP contribution in [0.2, 0.25) is 0 Å². The number of nitro benzene ring substituents is 1. The van der Waals surface area contributed by atoms with Crippen molar-refractivity contribution in [2.24, 2.45) is 0 Å². The number of rotatable bonds is 6. The molecule has 0 saturated heterocycles. The summed E-state index contributed by atoms with van der Waals surface area (Å²) in [6.07, 6.45) is 0.241. The van der Waals surface area contributed by atoms with E-state index in [1.165, 1.54) is 18.2 Å². The van der Waals surface area contributed by atoms with Crippen LogP contribution in [0.1, 0.15) is 30.9 Å². The summed E-state index contributed by atoms with van der Waals surface area (Å²) >= 11 is 0. The van der Waals surface area contributed by atoms with Crippen LogP contribution in [-0.2, 0) is 13.0 Å². The van der Waals surface area contributed by atoms with Gasteiger partial charge in [-0.1, -0.05) is 19.1 Å². The Kier molecular flexibility index (Phi) is 4.49. The second-order valence-electron chi connectivity index (χ2n) is 4.56. The Morgan fingerprint density at radius 3 is 2.95 bits per heavy atom. The molecule has 1 heterocycles. The molecule has 0 unspecified atom stereocenters. The molecule has 1 atom stereocenters. The van der Waals surface area contributed by atoms with Gasteiger partial charge in [0.15, 0.2) is 0 Å². The fraction of sp³-hybridized carbons (Fsp3) is 0.385. The second kappa shape index (κ2) is 6.31. The highest BCUT2D eigenvalue weighted by Gasteiger charge is 2.16. The molecule has 21 heavy (non-hydrogen) atoms. The number of aryl methyl sites for hydroxylation is 1. The molecule has 0 spiro atoms. The third kappa shape index (κ3) is 3.54. The maximum atomic E-state index is 11.6. The molecule has 1 aromatic heterocycles. The standard InChI is InChI=1S/C13H15N3O5/c1-2-4-12-14-15(13(18)21-12)8-11(17)9-5-3-6-10(7-9)16(19)20/h3,5-7,11,17H,2,4,8H2,1H3/t11-/m1/s1. The fourth-order valence-corrected chi connectivity index (χ4v) is 1.89. The molecule has 2 rings (SSSR count). The molecule has 8 nitrogen and oxygen atoms in total. The Bertz CT molecular complexity index is 691. The van der Waals surface area contributed by atoms with E-state index in [0.717, 1.165) is 11.1 Å². The van der Waals surface area contributed by atoms with Crippen LogP contribution in [0.25, 0.3) is 0 Å². The smallest absolute Gasteiger partial charge is 0.392 e. The molecule has 1 aromatic carbocycles. The van der Waals surface area contributed by atoms with Crippen LogP contribution in [0.5, 0.6) is 0 Å². The number of nitrogens with zero attached hydrogens (tertiary/aromatic N) is 3. The first kappa shape index (κ1) is 14.9. The third-order valence-corrected chi connectivity index (χ3v) is 2.92. The monoisotopic (exact) mass is 293 g/mol. The van der Waals surface area contributed by atoms with Crippen LogP contribution in [0.4, 0.5) is 5.69 Å². The number of nitro groups is 1. The van der Waals surface area contributed by atoms with Gasteiger partial charge < -0.3 is 9.52 Å². The first-order valence-corrected chi connectivity index (χ1v) is 6.50. The zero-order valence-corrected chi connectivity index (χ0v) is 11.4. The maximum Gasteiger partial charge on any atom is 0.437 e. The summed E-state index contributed by atoms with van der Waals surface area (Å²) in [6.45, 7) is 1.81. The molecule has 0 fully saturated rings. The quantitative estimate of drug-likeness (QED) is 0.637. The van der Waals surface area contributed by atoms with E-state index in [9.17, 15) is 20.0 Å². The topological polar surface area (TPSA) is 111 Å². The molecule has 8 heteroatoms. The van der Waals surface area contributed by atoms with Crippen molar-refractivity contribution in [1.29, 1.82) is 0 Å². The van der Waals surface area contributed by atoms with Gasteiger partial charge in [0.2, 0.25) is 5.89 Å². The minimum Gasteiger partial charge on any atom is -0.392 e. The molecular weight excluding hydrogens is 278 g/mol. The first-order chi connectivity index (χ1) is 10.0. The number of hydrogen-bond acceptors (Lipinski definition) is 6. The molecule has 0 bridgehead atoms. The van der Waals surface area contributed by atoms with Crippen molar-refractivity contribution in [3.63, 3.8) is 0 Å². The highest BCUT2D eigenvalue weighted by Crippen LogP contribution is 2.20. The van der Waals surface area contributed by atoms with Gasteiger partial charge in [0.25, 0.3) is 5.69 Å². The Balaban J connectivity index is 2.17. The van der Waals surface area contributed by atoms with Crippen molar-refractivity contribution in [1.82, 2.24) is 9.78 Å². The molecule has 0 aliphatic heterocycles. The molecule has 0 aliphatic carbocycles. The van der Waals surface area contributed by atoms with Gasteiger partial charge in [-0.3, -0.25) is 10.1 Å². The van der Waals surface area contributed by atoms with Crippen molar-refractivity contribution < 1.29 is 14.4 Å². The highest BCUT2D eigenvalue weighted by molar-refractivity contribution is 5.35. The van der Waals surface area contributed by atoms with Gasteiger partial charge in [-0.15, -0.1) is 5.10 Å². The van der Waals surface area contributed by atoms with E-state index in [4.69, 9.17) is 4.42 Å². The SMILES string of the molecule is CCCc1nn(C[C@@H](O)c2cccc([N+](=O)[O-])c2)c(=O)o1. The minimum absolute atomic E-state index is 0.118. The van der Waals surface area contributed by atoms with Gasteiger partial charge >= 0.3 is 5.76 Å². The number of benzene rings is 1. The van der Waals surface area contributed by atoms with Gasteiger partial charge in [0.1, 0.15) is 0 Å². The van der Waals surface area contributed by atoms with Gasteiger partial charge in [-0.2, -0.15) is 4.68 Å². The summed E-state index contributed by atoms with van der Waals surface area (Å²) in [5.74, 6) is -0.336. The summed E-state index contributed by atoms with van der Waals surface area (Å²) in [4.78, 5) is 21.7. The van der Waals surface area contributed by atoms with Gasteiger partial charge in [-0.05, 0) is 12.0 Å². The summed E-state index contributed by atoms with van der Waals surface area (Å²) in [7, 11) is 0. The Hall–Kier alpha value is -2.48. The lowest BCUT2D eigenvalue weighted by molar-refractivity contribution is -0.385. The Morgan fingerprint density at radius 2 is 2.29 bits per heavy atom. The Morgan fingerprint density at radius 1 is 1.52 bits per heavy atom. The minimum atomic E-state index is -1.08. The van der Waals surface area contributed by atoms with E-state index in [2.05, 4.69) is 5.10 Å². The van der Waals surface area contributed by atoms with E-state index < -0.39 is 16.8 Å². The van der Waals surface area contributed by atoms with Crippen LogP contribution in [0, 0.1) is 10.1 Å². The Labute approximate surface area is 119 Å². The lowest BCUT2D eigenvalue weighted by Gasteiger charge is -2.09. The van der Waals surface area contributed by atoms with Gasteiger partial charge in [0.05, 0.1) is 17.6 Å². The van der Waals surface area contributed by atoms with Crippen LogP contribution < -0.4 is 5.76 Å². The van der Waals surface area contributed by atoms with Crippen molar-refractivity contribution >= 4 is 5.69 Å². The van der Waals surface area contributed by atoms with Crippen molar-refractivity contribution in [3.8, 4) is 0 Å². The molecular formula is C13H15N3O5. The summed E-state index contributed by atoms with van der Waals surface area (Å²) in [6, 6.07) is 5.63. The van der Waals surface area contributed by atoms with Gasteiger partial charge in [0, 0.05) is 18.6 Å². The first-order valence-electron chi connectivity index (χ1n) is 6.50. The largest absolute Gasteiger partial charge is 0.437 e. The van der Waals surface area contributed by atoms with Gasteiger partial charge in [-0.25, -0.2) is 4.79 Å². The molecule has 0 aliphatic rings. The average Bonchev–Trinajstić information content (AvgIpc) is 2.79. The van der Waals surface area contributed by atoms with Crippen LogP contribution in [-0.4, -0.2) is 19.8 Å². The number of non-ortho nitro benzene ring substituents is 1. The molecule has 1 N–H and O–H groups in total. The predicted molar refractivity (Wildman–Crippen MR) is 72.8 cm³/mol.